The molecule has 0 bridgehead atoms. The molecule has 3 N–H and O–H groups in total. The second-order valence-electron chi connectivity index (χ2n) is 6.58. The van der Waals surface area contributed by atoms with Gasteiger partial charge >= 0.3 is 0 Å². The van der Waals surface area contributed by atoms with Crippen LogP contribution in [0.25, 0.3) is 0 Å². The van der Waals surface area contributed by atoms with Gasteiger partial charge in [-0.3, -0.25) is 0 Å². The second-order valence-corrected chi connectivity index (χ2v) is 6.58. The van der Waals surface area contributed by atoms with Gasteiger partial charge in [0.1, 0.15) is 18.3 Å². The summed E-state index contributed by atoms with van der Waals surface area (Å²) in [5.74, 6) is 0. The van der Waals surface area contributed by atoms with Crippen LogP contribution in [0.2, 0.25) is 0 Å². The van der Waals surface area contributed by atoms with Crippen molar-refractivity contribution in [2.24, 2.45) is 5.73 Å². The molecule has 2 saturated heterocycles. The molecule has 0 radical (unpaired) electrons. The number of aliphatic hydroxyl groups excluding tert-OH is 1. The van der Waals surface area contributed by atoms with Crippen molar-refractivity contribution >= 4 is 0 Å². The third-order valence-corrected chi connectivity index (χ3v) is 4.74. The van der Waals surface area contributed by atoms with E-state index in [4.69, 9.17) is 24.7 Å². The Labute approximate surface area is 152 Å². The van der Waals surface area contributed by atoms with Gasteiger partial charge in [-0.15, -0.1) is 0 Å². The largest absolute Gasteiger partial charge is 0.388 e. The number of nitrogens with two attached hydrogens (primary N) is 1. The summed E-state index contributed by atoms with van der Waals surface area (Å²) < 4.78 is 23.4. The SMILES string of the molecule is N[C@@H]1[C@H](OCc2ccccc2)O[C@@H]2CO[C@@H](c3ccccc3)O[C@@H]2[C@H]1O. The lowest BCUT2D eigenvalue weighted by Gasteiger charge is -2.46. The van der Waals surface area contributed by atoms with Crippen LogP contribution < -0.4 is 5.73 Å². The Morgan fingerprint density at radius 2 is 1.69 bits per heavy atom. The zero-order chi connectivity index (χ0) is 17.9. The molecular formula is C20H23NO5. The molecule has 2 aliphatic heterocycles. The van der Waals surface area contributed by atoms with Crippen molar-refractivity contribution in [2.45, 2.75) is 43.5 Å². The van der Waals surface area contributed by atoms with Crippen molar-refractivity contribution in [1.82, 2.24) is 0 Å². The molecule has 2 aromatic rings. The molecule has 26 heavy (non-hydrogen) atoms. The quantitative estimate of drug-likeness (QED) is 0.867. The Hall–Kier alpha value is -1.80. The highest BCUT2D eigenvalue weighted by Gasteiger charge is 2.48. The van der Waals surface area contributed by atoms with Crippen LogP contribution in [0, 0.1) is 0 Å². The Morgan fingerprint density at radius 3 is 2.42 bits per heavy atom. The standard InChI is InChI=1S/C20H23NO5/c21-16-17(22)18-15(12-24-19(26-18)14-9-5-2-6-10-14)25-20(16)23-11-13-7-3-1-4-8-13/h1-10,15-20,22H,11-12,21H2/t15-,16+,17+,18+,19-,20-/m1/s1. The molecule has 0 saturated carbocycles. The summed E-state index contributed by atoms with van der Waals surface area (Å²) in [4.78, 5) is 0. The molecule has 0 spiro atoms. The molecule has 2 fully saturated rings. The summed E-state index contributed by atoms with van der Waals surface area (Å²) >= 11 is 0. The van der Waals surface area contributed by atoms with Gasteiger partial charge in [-0.25, -0.2) is 0 Å². The maximum Gasteiger partial charge on any atom is 0.184 e. The molecule has 138 valence electrons. The van der Waals surface area contributed by atoms with E-state index in [1.54, 1.807) is 0 Å². The first-order valence-corrected chi connectivity index (χ1v) is 8.79. The maximum absolute atomic E-state index is 10.6. The minimum Gasteiger partial charge on any atom is -0.388 e. The van der Waals surface area contributed by atoms with Crippen LogP contribution in [-0.4, -0.2) is 42.4 Å². The summed E-state index contributed by atoms with van der Waals surface area (Å²) in [5.41, 5.74) is 8.07. The number of hydrogen-bond acceptors (Lipinski definition) is 6. The molecule has 0 aromatic heterocycles. The van der Waals surface area contributed by atoms with Gasteiger partial charge in [0, 0.05) is 5.56 Å². The van der Waals surface area contributed by atoms with Gasteiger partial charge in [-0.05, 0) is 5.56 Å². The fourth-order valence-electron chi connectivity index (χ4n) is 3.29. The Balaban J connectivity index is 1.40. The molecule has 6 nitrogen and oxygen atoms in total. The molecule has 4 rings (SSSR count). The zero-order valence-electron chi connectivity index (χ0n) is 14.3. The van der Waals surface area contributed by atoms with Gasteiger partial charge < -0.3 is 29.8 Å². The topological polar surface area (TPSA) is 83.2 Å². The highest BCUT2D eigenvalue weighted by Crippen LogP contribution is 2.33. The predicted octanol–water partition coefficient (Wildman–Crippen LogP) is 1.73. The van der Waals surface area contributed by atoms with Gasteiger partial charge in [0.2, 0.25) is 0 Å². The lowest BCUT2D eigenvalue weighted by molar-refractivity contribution is -0.343. The first kappa shape index (κ1) is 17.6. The van der Waals surface area contributed by atoms with Crippen LogP contribution in [0.15, 0.2) is 60.7 Å². The molecule has 0 amide bonds. The van der Waals surface area contributed by atoms with Crippen LogP contribution in [-0.2, 0) is 25.6 Å². The lowest BCUT2D eigenvalue weighted by atomic mass is 9.96. The Morgan fingerprint density at radius 1 is 1.00 bits per heavy atom. The van der Waals surface area contributed by atoms with Crippen molar-refractivity contribution in [2.75, 3.05) is 6.61 Å². The van der Waals surface area contributed by atoms with Crippen molar-refractivity contribution < 1.29 is 24.1 Å². The summed E-state index contributed by atoms with van der Waals surface area (Å²) in [6.07, 6.45) is -3.13. The van der Waals surface area contributed by atoms with Crippen LogP contribution in [0.5, 0.6) is 0 Å². The van der Waals surface area contributed by atoms with E-state index in [1.165, 1.54) is 0 Å². The number of aliphatic hydroxyl groups is 1. The number of rotatable bonds is 4. The number of benzene rings is 2. The molecule has 0 aliphatic carbocycles. The van der Waals surface area contributed by atoms with Gasteiger partial charge in [-0.1, -0.05) is 60.7 Å². The van der Waals surface area contributed by atoms with Gasteiger partial charge in [0.25, 0.3) is 0 Å². The minimum atomic E-state index is -0.898. The van der Waals surface area contributed by atoms with Crippen molar-refractivity contribution in [3.63, 3.8) is 0 Å². The smallest absolute Gasteiger partial charge is 0.184 e. The highest BCUT2D eigenvalue weighted by molar-refractivity contribution is 5.17. The van der Waals surface area contributed by atoms with E-state index in [0.717, 1.165) is 11.1 Å². The third kappa shape index (κ3) is 3.66. The second kappa shape index (κ2) is 7.84. The van der Waals surface area contributed by atoms with Crippen molar-refractivity contribution in [3.8, 4) is 0 Å². The Bertz CT molecular complexity index is 696. The van der Waals surface area contributed by atoms with Crippen LogP contribution in [0.1, 0.15) is 17.4 Å². The number of hydrogen-bond donors (Lipinski definition) is 2. The summed E-state index contributed by atoms with van der Waals surface area (Å²) in [7, 11) is 0. The van der Waals surface area contributed by atoms with Crippen LogP contribution in [0.4, 0.5) is 0 Å². The van der Waals surface area contributed by atoms with Crippen molar-refractivity contribution in [3.05, 3.63) is 71.8 Å². The van der Waals surface area contributed by atoms with Gasteiger partial charge in [0.15, 0.2) is 12.6 Å². The minimum absolute atomic E-state index is 0.305. The van der Waals surface area contributed by atoms with E-state index >= 15 is 0 Å². The van der Waals surface area contributed by atoms with E-state index in [9.17, 15) is 5.11 Å². The molecule has 6 atom stereocenters. The van der Waals surface area contributed by atoms with Gasteiger partial charge in [0.05, 0.1) is 19.3 Å². The summed E-state index contributed by atoms with van der Waals surface area (Å²) in [5, 5.41) is 10.6. The number of fused-ring (bicyclic) bond motifs is 1. The van der Waals surface area contributed by atoms with E-state index in [2.05, 4.69) is 0 Å². The normalized spacial score (nSPS) is 34.2. The number of ether oxygens (including phenoxy) is 4. The summed E-state index contributed by atoms with van der Waals surface area (Å²) in [6.45, 7) is 0.664. The molecule has 2 aromatic carbocycles. The molecule has 6 heteroatoms. The third-order valence-electron chi connectivity index (χ3n) is 4.74. The van der Waals surface area contributed by atoms with Crippen molar-refractivity contribution in [1.29, 1.82) is 0 Å². The first-order valence-electron chi connectivity index (χ1n) is 8.79. The zero-order valence-corrected chi connectivity index (χ0v) is 14.3. The van der Waals surface area contributed by atoms with Gasteiger partial charge in [-0.2, -0.15) is 0 Å². The van der Waals surface area contributed by atoms with E-state index in [-0.39, 0.29) is 0 Å². The lowest BCUT2D eigenvalue weighted by Crippen LogP contribution is -2.64. The highest BCUT2D eigenvalue weighted by atomic mass is 16.7. The van der Waals surface area contributed by atoms with E-state index < -0.39 is 36.9 Å². The monoisotopic (exact) mass is 357 g/mol. The molecule has 0 unspecified atom stereocenters. The molecular weight excluding hydrogens is 334 g/mol. The van der Waals surface area contributed by atoms with Crippen LogP contribution >= 0.6 is 0 Å². The van der Waals surface area contributed by atoms with E-state index in [0.29, 0.717) is 13.2 Å². The average Bonchev–Trinajstić information content (AvgIpc) is 2.71. The average molecular weight is 357 g/mol. The first-order chi connectivity index (χ1) is 12.7. The maximum atomic E-state index is 10.6. The van der Waals surface area contributed by atoms with Crippen LogP contribution in [0.3, 0.4) is 0 Å². The predicted molar refractivity (Wildman–Crippen MR) is 93.9 cm³/mol. The summed E-state index contributed by atoms with van der Waals surface area (Å²) in [6, 6.07) is 18.7. The fraction of sp³-hybridized carbons (Fsp3) is 0.400. The van der Waals surface area contributed by atoms with E-state index in [1.807, 2.05) is 60.7 Å². The fourth-order valence-corrected chi connectivity index (χ4v) is 3.29. The molecule has 2 aliphatic rings. The molecule has 2 heterocycles. The Kier molecular flexibility index (Phi) is 5.31.